The van der Waals surface area contributed by atoms with Gasteiger partial charge in [0.1, 0.15) is 0 Å². The molecule has 2 aromatic carbocycles. The van der Waals surface area contributed by atoms with Gasteiger partial charge < -0.3 is 5.11 Å². The van der Waals surface area contributed by atoms with Crippen molar-refractivity contribution in [2.45, 2.75) is 17.9 Å². The largest absolute Gasteiger partial charge is 0.388 e. The molecule has 1 N–H and O–H groups in total. The first kappa shape index (κ1) is 13.8. The normalized spacial score (nSPS) is 13.8. The second-order valence-electron chi connectivity index (χ2n) is 4.38. The Labute approximate surface area is 117 Å². The number of aliphatic hydroxyl groups excluding tert-OH is 1. The van der Waals surface area contributed by atoms with Gasteiger partial charge in [-0.2, -0.15) is 0 Å². The molecule has 2 atom stereocenters. The maximum atomic E-state index is 12.1. The van der Waals surface area contributed by atoms with Crippen LogP contribution in [0.25, 0.3) is 0 Å². The molecule has 0 aliphatic rings. The van der Waals surface area contributed by atoms with Crippen LogP contribution in [0.5, 0.6) is 0 Å². The van der Waals surface area contributed by atoms with Gasteiger partial charge in [0.25, 0.3) is 0 Å². The lowest BCUT2D eigenvalue weighted by atomic mass is 9.99. The van der Waals surface area contributed by atoms with Crippen molar-refractivity contribution in [3.63, 3.8) is 0 Å². The Bertz CT molecular complexity index is 525. The van der Waals surface area contributed by atoms with Crippen LogP contribution in [-0.2, 0) is 4.79 Å². The molecule has 0 heterocycles. The molecular weight excluding hydrogens is 256 g/mol. The van der Waals surface area contributed by atoms with E-state index in [0.717, 1.165) is 10.5 Å². The number of benzene rings is 2. The van der Waals surface area contributed by atoms with E-state index in [1.165, 1.54) is 11.8 Å². The molecule has 0 aliphatic carbocycles. The second-order valence-corrected chi connectivity index (χ2v) is 5.46. The third-order valence-corrected chi connectivity index (χ3v) is 4.03. The maximum Gasteiger partial charge on any atom is 0.199 e. The fourth-order valence-electron chi connectivity index (χ4n) is 1.77. The molecule has 98 valence electrons. The van der Waals surface area contributed by atoms with Gasteiger partial charge in [0, 0.05) is 4.90 Å². The van der Waals surface area contributed by atoms with Crippen molar-refractivity contribution in [2.24, 2.45) is 5.92 Å². The molecule has 2 aromatic rings. The van der Waals surface area contributed by atoms with E-state index < -0.39 is 12.0 Å². The van der Waals surface area contributed by atoms with Crippen molar-refractivity contribution in [1.29, 1.82) is 0 Å². The van der Waals surface area contributed by atoms with Gasteiger partial charge in [-0.05, 0) is 17.7 Å². The van der Waals surface area contributed by atoms with Crippen LogP contribution >= 0.6 is 11.8 Å². The molecule has 0 unspecified atom stereocenters. The number of thioether (sulfide) groups is 1. The van der Waals surface area contributed by atoms with Gasteiger partial charge in [-0.3, -0.25) is 4.79 Å². The first-order valence-electron chi connectivity index (χ1n) is 6.18. The average molecular weight is 272 g/mol. The van der Waals surface area contributed by atoms with Crippen LogP contribution in [-0.4, -0.2) is 10.2 Å². The molecule has 2 rings (SSSR count). The highest BCUT2D eigenvalue weighted by molar-refractivity contribution is 8.13. The summed E-state index contributed by atoms with van der Waals surface area (Å²) in [5.41, 5.74) is 0.775. The van der Waals surface area contributed by atoms with Crippen LogP contribution < -0.4 is 0 Å². The van der Waals surface area contributed by atoms with Crippen LogP contribution in [0.15, 0.2) is 65.6 Å². The summed E-state index contributed by atoms with van der Waals surface area (Å²) in [6, 6.07) is 18.8. The number of aliphatic hydroxyl groups is 1. The zero-order valence-corrected chi connectivity index (χ0v) is 11.5. The fourth-order valence-corrected chi connectivity index (χ4v) is 2.61. The molecule has 0 saturated heterocycles. The van der Waals surface area contributed by atoms with Gasteiger partial charge in [-0.25, -0.2) is 0 Å². The molecule has 0 amide bonds. The van der Waals surface area contributed by atoms with E-state index in [9.17, 15) is 9.90 Å². The van der Waals surface area contributed by atoms with E-state index in [1.807, 2.05) is 60.7 Å². The highest BCUT2D eigenvalue weighted by Gasteiger charge is 2.23. The Morgan fingerprint density at radius 1 is 1.00 bits per heavy atom. The van der Waals surface area contributed by atoms with Gasteiger partial charge in [-0.1, -0.05) is 67.2 Å². The molecule has 0 spiro atoms. The lowest BCUT2D eigenvalue weighted by Gasteiger charge is -2.17. The summed E-state index contributed by atoms with van der Waals surface area (Å²) < 4.78 is 0. The van der Waals surface area contributed by atoms with Gasteiger partial charge in [0.2, 0.25) is 0 Å². The molecule has 19 heavy (non-hydrogen) atoms. The lowest BCUT2D eigenvalue weighted by Crippen LogP contribution is -2.16. The second kappa shape index (κ2) is 6.55. The number of hydrogen-bond acceptors (Lipinski definition) is 3. The SMILES string of the molecule is C[C@H](C(=O)Sc1ccccc1)[C@H](O)c1ccccc1. The summed E-state index contributed by atoms with van der Waals surface area (Å²) in [5, 5.41) is 10.2. The van der Waals surface area contributed by atoms with Crippen LogP contribution in [0.2, 0.25) is 0 Å². The van der Waals surface area contributed by atoms with Crippen molar-refractivity contribution in [3.05, 3.63) is 66.2 Å². The summed E-state index contributed by atoms with van der Waals surface area (Å²) in [6.45, 7) is 1.76. The zero-order valence-electron chi connectivity index (χ0n) is 10.7. The van der Waals surface area contributed by atoms with E-state index in [4.69, 9.17) is 0 Å². The Kier molecular flexibility index (Phi) is 4.77. The standard InChI is InChI=1S/C16H16O2S/c1-12(15(17)13-8-4-2-5-9-13)16(18)19-14-10-6-3-7-11-14/h2-12,15,17H,1H3/t12-,15-/m0/s1. The summed E-state index contributed by atoms with van der Waals surface area (Å²) in [7, 11) is 0. The van der Waals surface area contributed by atoms with Crippen molar-refractivity contribution < 1.29 is 9.90 Å². The first-order chi connectivity index (χ1) is 9.18. The highest BCUT2D eigenvalue weighted by atomic mass is 32.2. The van der Waals surface area contributed by atoms with E-state index >= 15 is 0 Å². The summed E-state index contributed by atoms with van der Waals surface area (Å²) in [5.74, 6) is -0.437. The van der Waals surface area contributed by atoms with Crippen molar-refractivity contribution >= 4 is 16.9 Å². The predicted molar refractivity (Wildman–Crippen MR) is 77.9 cm³/mol. The van der Waals surface area contributed by atoms with Gasteiger partial charge in [-0.15, -0.1) is 0 Å². The highest BCUT2D eigenvalue weighted by Crippen LogP contribution is 2.29. The molecule has 3 heteroatoms. The number of hydrogen-bond donors (Lipinski definition) is 1. The minimum Gasteiger partial charge on any atom is -0.388 e. The van der Waals surface area contributed by atoms with Crippen molar-refractivity contribution in [3.8, 4) is 0 Å². The van der Waals surface area contributed by atoms with E-state index in [2.05, 4.69) is 0 Å². The molecule has 0 aliphatic heterocycles. The first-order valence-corrected chi connectivity index (χ1v) is 7.00. The van der Waals surface area contributed by atoms with Gasteiger partial charge >= 0.3 is 0 Å². The Morgan fingerprint density at radius 3 is 2.11 bits per heavy atom. The molecular formula is C16H16O2S. The Hall–Kier alpha value is -1.58. The van der Waals surface area contributed by atoms with E-state index in [-0.39, 0.29) is 5.12 Å². The minimum atomic E-state index is -0.759. The molecule has 0 bridgehead atoms. The smallest absolute Gasteiger partial charge is 0.199 e. The fraction of sp³-hybridized carbons (Fsp3) is 0.188. The minimum absolute atomic E-state index is 0.0254. The lowest BCUT2D eigenvalue weighted by molar-refractivity contribution is -0.117. The zero-order chi connectivity index (χ0) is 13.7. The number of rotatable bonds is 4. The number of carbonyl (C=O) groups is 1. The third kappa shape index (κ3) is 3.69. The summed E-state index contributed by atoms with van der Waals surface area (Å²) in [4.78, 5) is 13.0. The monoisotopic (exact) mass is 272 g/mol. The maximum absolute atomic E-state index is 12.1. The van der Waals surface area contributed by atoms with Crippen LogP contribution in [0.4, 0.5) is 0 Å². The van der Waals surface area contributed by atoms with Gasteiger partial charge in [0.05, 0.1) is 12.0 Å². The molecule has 2 nitrogen and oxygen atoms in total. The topological polar surface area (TPSA) is 37.3 Å². The van der Waals surface area contributed by atoms with Gasteiger partial charge in [0.15, 0.2) is 5.12 Å². The van der Waals surface area contributed by atoms with Crippen molar-refractivity contribution in [2.75, 3.05) is 0 Å². The van der Waals surface area contributed by atoms with Crippen LogP contribution in [0.1, 0.15) is 18.6 Å². The quantitative estimate of drug-likeness (QED) is 0.863. The van der Waals surface area contributed by atoms with Crippen LogP contribution in [0, 0.1) is 5.92 Å². The van der Waals surface area contributed by atoms with Crippen LogP contribution in [0.3, 0.4) is 0 Å². The molecule has 0 fully saturated rings. The van der Waals surface area contributed by atoms with E-state index in [0.29, 0.717) is 0 Å². The predicted octanol–water partition coefficient (Wildman–Crippen LogP) is 3.68. The molecule has 0 saturated carbocycles. The summed E-state index contributed by atoms with van der Waals surface area (Å²) >= 11 is 1.18. The average Bonchev–Trinajstić information content (AvgIpc) is 2.47. The Morgan fingerprint density at radius 2 is 1.53 bits per heavy atom. The van der Waals surface area contributed by atoms with Crippen molar-refractivity contribution in [1.82, 2.24) is 0 Å². The summed E-state index contributed by atoms with van der Waals surface area (Å²) in [6.07, 6.45) is -0.759. The third-order valence-electron chi connectivity index (χ3n) is 2.95. The molecule has 0 aromatic heterocycles. The Balaban J connectivity index is 2.03. The van der Waals surface area contributed by atoms with E-state index in [1.54, 1.807) is 6.92 Å². The number of carbonyl (C=O) groups excluding carboxylic acids is 1. The molecule has 0 radical (unpaired) electrons.